The smallest absolute Gasteiger partial charge is 0.258 e. The number of rotatable bonds is 3. The summed E-state index contributed by atoms with van der Waals surface area (Å²) in [6.45, 7) is 0.798. The van der Waals surface area contributed by atoms with Crippen molar-refractivity contribution in [3.8, 4) is 0 Å². The molecule has 23 heavy (non-hydrogen) atoms. The van der Waals surface area contributed by atoms with Crippen LogP contribution in [0.1, 0.15) is 44.3 Å². The van der Waals surface area contributed by atoms with Crippen molar-refractivity contribution in [3.63, 3.8) is 0 Å². The van der Waals surface area contributed by atoms with Crippen molar-refractivity contribution < 1.29 is 5.32 Å². The summed E-state index contributed by atoms with van der Waals surface area (Å²) in [7, 11) is 0. The Bertz CT molecular complexity index is 774. The van der Waals surface area contributed by atoms with Crippen LogP contribution in [0.4, 0.5) is 0 Å². The van der Waals surface area contributed by atoms with Gasteiger partial charge in [-0.2, -0.15) is 0 Å². The lowest BCUT2D eigenvalue weighted by atomic mass is 9.53. The van der Waals surface area contributed by atoms with Crippen molar-refractivity contribution >= 4 is 10.9 Å². The summed E-state index contributed by atoms with van der Waals surface area (Å²) >= 11 is 0. The summed E-state index contributed by atoms with van der Waals surface area (Å²) in [5.74, 6) is 3.70. The molecule has 0 spiro atoms. The number of nitrogens with one attached hydrogen (secondary N) is 1. The summed E-state index contributed by atoms with van der Waals surface area (Å²) in [6, 6.07) is 7.61. The zero-order valence-electron chi connectivity index (χ0n) is 13.4. The summed E-state index contributed by atoms with van der Waals surface area (Å²) in [5.41, 5.74) is 1.23. The average molecular weight is 310 g/mol. The lowest BCUT2D eigenvalue weighted by molar-refractivity contribution is -0.753. The fraction of sp³-hybridized carbons (Fsp3) is 0.579. The van der Waals surface area contributed by atoms with Gasteiger partial charge in [-0.05, 0) is 49.1 Å². The highest BCUT2D eigenvalue weighted by Crippen LogP contribution is 2.54. The molecule has 1 aromatic carbocycles. The fourth-order valence-corrected chi connectivity index (χ4v) is 5.97. The maximum atomic E-state index is 12.2. The molecule has 1 aromatic heterocycles. The van der Waals surface area contributed by atoms with Crippen LogP contribution in [-0.2, 0) is 6.54 Å². The second kappa shape index (κ2) is 4.91. The van der Waals surface area contributed by atoms with Gasteiger partial charge in [-0.3, -0.25) is 4.79 Å². The monoisotopic (exact) mass is 310 g/mol. The minimum Gasteiger partial charge on any atom is -0.335 e. The molecule has 0 amide bonds. The molecule has 4 aliphatic carbocycles. The molecular weight excluding hydrogens is 286 g/mol. The van der Waals surface area contributed by atoms with Gasteiger partial charge in [0.2, 0.25) is 0 Å². The van der Waals surface area contributed by atoms with E-state index in [-0.39, 0.29) is 5.56 Å². The zero-order valence-corrected chi connectivity index (χ0v) is 13.4. The predicted molar refractivity (Wildman–Crippen MR) is 88.9 cm³/mol. The minimum atomic E-state index is -0.00971. The molecule has 4 fully saturated rings. The molecule has 0 saturated heterocycles. The molecule has 120 valence electrons. The Labute approximate surface area is 135 Å². The predicted octanol–water partition coefficient (Wildman–Crippen LogP) is 1.96. The first kappa shape index (κ1) is 13.7. The van der Waals surface area contributed by atoms with Crippen LogP contribution < -0.4 is 10.9 Å². The molecule has 4 nitrogen and oxygen atoms in total. The third-order valence-electron chi connectivity index (χ3n) is 6.48. The van der Waals surface area contributed by atoms with E-state index in [0.717, 1.165) is 35.6 Å². The van der Waals surface area contributed by atoms with E-state index in [1.54, 1.807) is 0 Å². The Kier molecular flexibility index (Phi) is 2.93. The van der Waals surface area contributed by atoms with Crippen LogP contribution in [0.3, 0.4) is 0 Å². The average Bonchev–Trinajstić information content (AvgIpc) is 2.52. The van der Waals surface area contributed by atoms with Crippen LogP contribution in [0.2, 0.25) is 0 Å². The van der Waals surface area contributed by atoms with Crippen LogP contribution in [0.5, 0.6) is 0 Å². The molecule has 0 radical (unpaired) electrons. The van der Waals surface area contributed by atoms with Crippen LogP contribution >= 0.6 is 0 Å². The summed E-state index contributed by atoms with van der Waals surface area (Å²) in [6.07, 6.45) is 8.53. The minimum absolute atomic E-state index is 0.00971. The van der Waals surface area contributed by atoms with Crippen LogP contribution in [0, 0.1) is 17.8 Å². The molecule has 4 bridgehead atoms. The highest BCUT2D eigenvalue weighted by Gasteiger charge is 2.53. The molecule has 1 heterocycles. The number of quaternary nitrogens is 1. The van der Waals surface area contributed by atoms with Crippen LogP contribution in [-0.4, -0.2) is 15.5 Å². The van der Waals surface area contributed by atoms with E-state index >= 15 is 0 Å². The highest BCUT2D eigenvalue weighted by atomic mass is 16.1. The number of nitrogens with two attached hydrogens (primary N) is 1. The number of para-hydroxylation sites is 1. The molecule has 3 N–H and O–H groups in total. The van der Waals surface area contributed by atoms with E-state index < -0.39 is 0 Å². The Balaban J connectivity index is 1.39. The number of H-pyrrole nitrogens is 1. The third kappa shape index (κ3) is 2.31. The normalized spacial score (nSPS) is 35.0. The second-order valence-corrected chi connectivity index (χ2v) is 8.22. The number of benzene rings is 1. The van der Waals surface area contributed by atoms with Gasteiger partial charge in [0.05, 0.1) is 16.4 Å². The van der Waals surface area contributed by atoms with E-state index in [0.29, 0.717) is 10.9 Å². The number of hydrogen-bond acceptors (Lipinski definition) is 2. The first-order valence-electron chi connectivity index (χ1n) is 9.01. The molecule has 4 saturated carbocycles. The van der Waals surface area contributed by atoms with Crippen molar-refractivity contribution in [2.24, 2.45) is 17.8 Å². The Morgan fingerprint density at radius 1 is 1.09 bits per heavy atom. The SMILES string of the molecule is O=c1[nH]c(C[NH2+]C23CC4CC(CC(C4)C2)C3)nc2ccccc12. The van der Waals surface area contributed by atoms with Gasteiger partial charge in [-0.25, -0.2) is 4.98 Å². The van der Waals surface area contributed by atoms with E-state index in [4.69, 9.17) is 0 Å². The van der Waals surface area contributed by atoms with Crippen molar-refractivity contribution in [1.82, 2.24) is 9.97 Å². The van der Waals surface area contributed by atoms with Gasteiger partial charge in [0.25, 0.3) is 5.56 Å². The maximum Gasteiger partial charge on any atom is 0.258 e. The van der Waals surface area contributed by atoms with Gasteiger partial charge < -0.3 is 10.3 Å². The molecule has 0 atom stereocenters. The van der Waals surface area contributed by atoms with E-state index in [1.165, 1.54) is 38.5 Å². The number of hydrogen-bond donors (Lipinski definition) is 2. The maximum absolute atomic E-state index is 12.2. The van der Waals surface area contributed by atoms with Gasteiger partial charge >= 0.3 is 0 Å². The Morgan fingerprint density at radius 3 is 2.43 bits per heavy atom. The third-order valence-corrected chi connectivity index (χ3v) is 6.48. The lowest BCUT2D eigenvalue weighted by Crippen LogP contribution is -2.97. The van der Waals surface area contributed by atoms with Crippen molar-refractivity contribution in [3.05, 3.63) is 40.4 Å². The topological polar surface area (TPSA) is 62.4 Å². The van der Waals surface area contributed by atoms with E-state index in [2.05, 4.69) is 15.3 Å². The molecule has 4 aliphatic rings. The molecule has 4 heteroatoms. The van der Waals surface area contributed by atoms with Crippen LogP contribution in [0.15, 0.2) is 29.1 Å². The molecule has 0 aliphatic heterocycles. The Morgan fingerprint density at radius 2 is 1.74 bits per heavy atom. The van der Waals surface area contributed by atoms with Gasteiger partial charge in [0.15, 0.2) is 5.82 Å². The molecule has 2 aromatic rings. The van der Waals surface area contributed by atoms with Gasteiger partial charge in [-0.1, -0.05) is 12.1 Å². The summed E-state index contributed by atoms with van der Waals surface area (Å²) in [4.78, 5) is 19.9. The van der Waals surface area contributed by atoms with Gasteiger partial charge in [-0.15, -0.1) is 0 Å². The summed E-state index contributed by atoms with van der Waals surface area (Å²) < 4.78 is 0. The highest BCUT2D eigenvalue weighted by molar-refractivity contribution is 5.77. The fourth-order valence-electron chi connectivity index (χ4n) is 5.97. The number of nitrogens with zero attached hydrogens (tertiary/aromatic N) is 1. The first-order valence-corrected chi connectivity index (χ1v) is 9.01. The molecule has 6 rings (SSSR count). The van der Waals surface area contributed by atoms with Crippen molar-refractivity contribution in [2.45, 2.75) is 50.6 Å². The van der Waals surface area contributed by atoms with E-state index in [1.807, 2.05) is 24.3 Å². The van der Waals surface area contributed by atoms with Crippen LogP contribution in [0.25, 0.3) is 10.9 Å². The lowest BCUT2D eigenvalue weighted by Gasteiger charge is -2.54. The van der Waals surface area contributed by atoms with E-state index in [9.17, 15) is 4.79 Å². The van der Waals surface area contributed by atoms with Crippen molar-refractivity contribution in [2.75, 3.05) is 0 Å². The first-order chi connectivity index (χ1) is 11.2. The Hall–Kier alpha value is -1.68. The zero-order chi connectivity index (χ0) is 15.4. The number of fused-ring (bicyclic) bond motifs is 1. The summed E-state index contributed by atoms with van der Waals surface area (Å²) in [5, 5.41) is 3.19. The second-order valence-electron chi connectivity index (χ2n) is 8.22. The molecular formula is C19H24N3O+. The number of aromatic amines is 1. The van der Waals surface area contributed by atoms with Crippen molar-refractivity contribution in [1.29, 1.82) is 0 Å². The standard InChI is InChI=1S/C19H23N3O/c23-18-15-3-1-2-4-16(15)21-17(22-18)11-20-19-8-12-5-13(9-19)7-14(6-12)10-19/h1-4,12-14,20H,5-11H2,(H,21,22,23)/p+1. The molecule has 0 unspecified atom stereocenters. The largest absolute Gasteiger partial charge is 0.335 e. The number of aromatic nitrogens is 2. The van der Waals surface area contributed by atoms with Gasteiger partial charge in [0, 0.05) is 19.3 Å². The van der Waals surface area contributed by atoms with Gasteiger partial charge in [0.1, 0.15) is 6.54 Å². The quantitative estimate of drug-likeness (QED) is 0.910.